The largest absolute Gasteiger partial charge is 0.310 e. The normalized spacial score (nSPS) is 9.90. The molecule has 0 aliphatic carbocycles. The first-order valence-corrected chi connectivity index (χ1v) is 6.08. The number of nitrogens with zero attached hydrogens (tertiary/aromatic N) is 2. The van der Waals surface area contributed by atoms with Gasteiger partial charge in [-0.2, -0.15) is 5.26 Å². The van der Waals surface area contributed by atoms with Crippen molar-refractivity contribution in [2.24, 2.45) is 0 Å². The van der Waals surface area contributed by atoms with E-state index < -0.39 is 11.7 Å². The highest BCUT2D eigenvalue weighted by Gasteiger charge is 2.19. The summed E-state index contributed by atoms with van der Waals surface area (Å²) in [5, 5.41) is 9.05. The van der Waals surface area contributed by atoms with Crippen LogP contribution in [0.25, 0.3) is 0 Å². The third kappa shape index (κ3) is 2.52. The zero-order valence-corrected chi connectivity index (χ0v) is 11.2. The quantitative estimate of drug-likeness (QED) is 0.839. The highest BCUT2D eigenvalue weighted by molar-refractivity contribution is 6.06. The molecular formula is C16H13FN2O. The molecule has 0 aliphatic heterocycles. The second kappa shape index (κ2) is 5.54. The van der Waals surface area contributed by atoms with Crippen LogP contribution in [-0.4, -0.2) is 13.0 Å². The lowest BCUT2D eigenvalue weighted by atomic mass is 10.1. The summed E-state index contributed by atoms with van der Waals surface area (Å²) in [5.41, 5.74) is 1.57. The standard InChI is InChI=1S/C16H13FN2O/c1-11-7-8-13(14(17)9-11)16(20)19(2)15-6-4-3-5-12(15)10-18/h3-9H,1-2H3. The number of carbonyl (C=O) groups is 1. The van der Waals surface area contributed by atoms with E-state index in [2.05, 4.69) is 0 Å². The molecular weight excluding hydrogens is 255 g/mol. The number of rotatable bonds is 2. The third-order valence-corrected chi connectivity index (χ3v) is 3.05. The topological polar surface area (TPSA) is 44.1 Å². The molecule has 0 heterocycles. The average molecular weight is 268 g/mol. The number of para-hydroxylation sites is 1. The fourth-order valence-corrected chi connectivity index (χ4v) is 1.94. The minimum absolute atomic E-state index is 0.00848. The van der Waals surface area contributed by atoms with E-state index >= 15 is 0 Å². The molecule has 0 saturated heterocycles. The Labute approximate surface area is 116 Å². The van der Waals surface area contributed by atoms with Crippen LogP contribution in [0.1, 0.15) is 21.5 Å². The first-order chi connectivity index (χ1) is 9.54. The third-order valence-electron chi connectivity index (χ3n) is 3.05. The van der Waals surface area contributed by atoms with Crippen molar-refractivity contribution in [2.75, 3.05) is 11.9 Å². The molecule has 1 amide bonds. The van der Waals surface area contributed by atoms with Crippen LogP contribution < -0.4 is 4.90 Å². The lowest BCUT2D eigenvalue weighted by Gasteiger charge is -2.19. The molecule has 0 atom stereocenters. The molecule has 0 aromatic heterocycles. The Balaban J connectivity index is 2.41. The highest BCUT2D eigenvalue weighted by Crippen LogP contribution is 2.21. The van der Waals surface area contributed by atoms with E-state index in [9.17, 15) is 9.18 Å². The summed E-state index contributed by atoms with van der Waals surface area (Å²) in [6, 6.07) is 13.2. The van der Waals surface area contributed by atoms with Crippen molar-refractivity contribution in [1.29, 1.82) is 5.26 Å². The van der Waals surface area contributed by atoms with Crippen LogP contribution in [0.5, 0.6) is 0 Å². The van der Waals surface area contributed by atoms with Crippen LogP contribution in [0.15, 0.2) is 42.5 Å². The van der Waals surface area contributed by atoms with E-state index in [1.807, 2.05) is 6.07 Å². The van der Waals surface area contributed by atoms with Gasteiger partial charge in [0, 0.05) is 7.05 Å². The number of anilines is 1. The van der Waals surface area contributed by atoms with E-state index in [0.29, 0.717) is 11.3 Å². The van der Waals surface area contributed by atoms with Gasteiger partial charge in [0.05, 0.1) is 16.8 Å². The molecule has 0 aliphatic rings. The SMILES string of the molecule is Cc1ccc(C(=O)N(C)c2ccccc2C#N)c(F)c1. The van der Waals surface area contributed by atoms with Crippen molar-refractivity contribution in [2.45, 2.75) is 6.92 Å². The van der Waals surface area contributed by atoms with Gasteiger partial charge in [-0.25, -0.2) is 4.39 Å². The summed E-state index contributed by atoms with van der Waals surface area (Å²) in [6.45, 7) is 1.76. The van der Waals surface area contributed by atoms with Gasteiger partial charge in [-0.1, -0.05) is 18.2 Å². The first kappa shape index (κ1) is 13.8. The van der Waals surface area contributed by atoms with Gasteiger partial charge in [-0.05, 0) is 36.8 Å². The molecule has 2 aromatic carbocycles. The van der Waals surface area contributed by atoms with Crippen molar-refractivity contribution < 1.29 is 9.18 Å². The predicted molar refractivity (Wildman–Crippen MR) is 75.0 cm³/mol. The van der Waals surface area contributed by atoms with Crippen LogP contribution in [0.2, 0.25) is 0 Å². The number of amides is 1. The zero-order chi connectivity index (χ0) is 14.7. The van der Waals surface area contributed by atoms with E-state index in [4.69, 9.17) is 5.26 Å². The number of carbonyl (C=O) groups excluding carboxylic acids is 1. The smallest absolute Gasteiger partial charge is 0.261 e. The molecule has 0 N–H and O–H groups in total. The maximum Gasteiger partial charge on any atom is 0.261 e. The summed E-state index contributed by atoms with van der Waals surface area (Å²) in [5.74, 6) is -1.04. The van der Waals surface area contributed by atoms with Crippen LogP contribution in [0, 0.1) is 24.1 Å². The molecule has 0 radical (unpaired) electrons. The van der Waals surface area contributed by atoms with Crippen molar-refractivity contribution in [1.82, 2.24) is 0 Å². The Bertz CT molecular complexity index is 704. The Kier molecular flexibility index (Phi) is 3.81. The second-order valence-corrected chi connectivity index (χ2v) is 4.48. The molecule has 2 rings (SSSR count). The van der Waals surface area contributed by atoms with Crippen molar-refractivity contribution in [3.63, 3.8) is 0 Å². The Morgan fingerprint density at radius 3 is 2.60 bits per heavy atom. The Morgan fingerprint density at radius 1 is 1.25 bits per heavy atom. The molecule has 0 fully saturated rings. The van der Waals surface area contributed by atoms with Gasteiger partial charge >= 0.3 is 0 Å². The Hall–Kier alpha value is -2.67. The number of hydrogen-bond donors (Lipinski definition) is 0. The summed E-state index contributed by atoms with van der Waals surface area (Å²) in [6.07, 6.45) is 0. The van der Waals surface area contributed by atoms with Crippen LogP contribution in [0.3, 0.4) is 0 Å². The molecule has 0 bridgehead atoms. The zero-order valence-electron chi connectivity index (χ0n) is 11.2. The molecule has 2 aromatic rings. The van der Waals surface area contributed by atoms with E-state index in [-0.39, 0.29) is 5.56 Å². The van der Waals surface area contributed by atoms with Gasteiger partial charge in [-0.15, -0.1) is 0 Å². The van der Waals surface area contributed by atoms with Crippen molar-refractivity contribution >= 4 is 11.6 Å². The first-order valence-electron chi connectivity index (χ1n) is 6.08. The molecule has 3 nitrogen and oxygen atoms in total. The molecule has 100 valence electrons. The van der Waals surface area contributed by atoms with Gasteiger partial charge in [0.25, 0.3) is 5.91 Å². The molecule has 0 unspecified atom stereocenters. The number of nitriles is 1. The van der Waals surface area contributed by atoms with E-state index in [0.717, 1.165) is 5.56 Å². The predicted octanol–water partition coefficient (Wildman–Crippen LogP) is 3.28. The fourth-order valence-electron chi connectivity index (χ4n) is 1.94. The summed E-state index contributed by atoms with van der Waals surface area (Å²) in [4.78, 5) is 13.6. The van der Waals surface area contributed by atoms with Crippen molar-refractivity contribution in [3.05, 3.63) is 65.0 Å². The lowest BCUT2D eigenvalue weighted by Crippen LogP contribution is -2.27. The number of aryl methyl sites for hydroxylation is 1. The summed E-state index contributed by atoms with van der Waals surface area (Å²) in [7, 11) is 1.53. The monoisotopic (exact) mass is 268 g/mol. The number of hydrogen-bond acceptors (Lipinski definition) is 2. The minimum atomic E-state index is -0.559. The molecule has 0 saturated carbocycles. The fraction of sp³-hybridized carbons (Fsp3) is 0.125. The Morgan fingerprint density at radius 2 is 1.95 bits per heavy atom. The van der Waals surface area contributed by atoms with Gasteiger partial charge in [0.2, 0.25) is 0 Å². The number of halogens is 1. The minimum Gasteiger partial charge on any atom is -0.310 e. The maximum atomic E-state index is 13.8. The molecule has 0 spiro atoms. The van der Waals surface area contributed by atoms with Crippen LogP contribution >= 0.6 is 0 Å². The molecule has 4 heteroatoms. The van der Waals surface area contributed by atoms with Crippen LogP contribution in [-0.2, 0) is 0 Å². The van der Waals surface area contributed by atoms with E-state index in [1.54, 1.807) is 37.3 Å². The van der Waals surface area contributed by atoms with Gasteiger partial charge in [0.1, 0.15) is 11.9 Å². The number of benzene rings is 2. The van der Waals surface area contributed by atoms with Gasteiger partial charge < -0.3 is 4.90 Å². The van der Waals surface area contributed by atoms with Gasteiger partial charge in [-0.3, -0.25) is 4.79 Å². The average Bonchev–Trinajstić information content (AvgIpc) is 2.45. The van der Waals surface area contributed by atoms with Gasteiger partial charge in [0.15, 0.2) is 0 Å². The maximum absolute atomic E-state index is 13.8. The highest BCUT2D eigenvalue weighted by atomic mass is 19.1. The van der Waals surface area contributed by atoms with Crippen LogP contribution in [0.4, 0.5) is 10.1 Å². The second-order valence-electron chi connectivity index (χ2n) is 4.48. The summed E-state index contributed by atoms with van der Waals surface area (Å²) >= 11 is 0. The van der Waals surface area contributed by atoms with Crippen molar-refractivity contribution in [3.8, 4) is 6.07 Å². The lowest BCUT2D eigenvalue weighted by molar-refractivity contribution is 0.0989. The van der Waals surface area contributed by atoms with E-state index in [1.165, 1.54) is 24.1 Å². The molecule has 20 heavy (non-hydrogen) atoms. The summed E-state index contributed by atoms with van der Waals surface area (Å²) < 4.78 is 13.8.